The highest BCUT2D eigenvalue weighted by atomic mass is 32.2. The van der Waals surface area contributed by atoms with E-state index in [4.69, 9.17) is 9.88 Å². The van der Waals surface area contributed by atoms with E-state index in [1.807, 2.05) is 12.3 Å². The second-order valence-corrected chi connectivity index (χ2v) is 8.38. The molecule has 1 unspecified atom stereocenters. The number of hydrogen-bond donors (Lipinski definition) is 2. The molecule has 2 aromatic carbocycles. The summed E-state index contributed by atoms with van der Waals surface area (Å²) in [7, 11) is -3.74. The maximum atomic E-state index is 12.4. The van der Waals surface area contributed by atoms with Crippen LogP contribution in [-0.4, -0.2) is 19.3 Å². The standard InChI is InChI=1S/C19H19N3O4S2/c1-13(14-4-8-18(9-5-14)28(20,24)25)22-19(23)15-2-6-17(7-3-15)26-10-16-11-27-12-21-16/h2-9,11-13H,10H2,1H3,(H,22,23)(H2,20,24,25). The zero-order valence-electron chi connectivity index (χ0n) is 15.0. The van der Waals surface area contributed by atoms with Crippen LogP contribution in [0.3, 0.4) is 0 Å². The molecule has 0 fully saturated rings. The molecule has 3 aromatic rings. The summed E-state index contributed by atoms with van der Waals surface area (Å²) in [6.45, 7) is 2.19. The average molecular weight is 418 g/mol. The Labute approximate surface area is 167 Å². The van der Waals surface area contributed by atoms with Gasteiger partial charge in [-0.1, -0.05) is 12.1 Å². The third-order valence-electron chi connectivity index (χ3n) is 4.04. The predicted molar refractivity (Wildman–Crippen MR) is 107 cm³/mol. The van der Waals surface area contributed by atoms with Gasteiger partial charge in [-0.25, -0.2) is 18.5 Å². The summed E-state index contributed by atoms with van der Waals surface area (Å²) >= 11 is 1.51. The van der Waals surface area contributed by atoms with Gasteiger partial charge >= 0.3 is 0 Å². The van der Waals surface area contributed by atoms with E-state index in [0.717, 1.165) is 11.3 Å². The van der Waals surface area contributed by atoms with Gasteiger partial charge in [-0.2, -0.15) is 0 Å². The molecule has 0 spiro atoms. The third kappa shape index (κ3) is 5.16. The maximum absolute atomic E-state index is 12.4. The fourth-order valence-corrected chi connectivity index (χ4v) is 3.54. The van der Waals surface area contributed by atoms with Gasteiger partial charge in [0.15, 0.2) is 0 Å². The number of ether oxygens (including phenoxy) is 1. The van der Waals surface area contributed by atoms with Crippen molar-refractivity contribution < 1.29 is 17.9 Å². The number of nitrogens with two attached hydrogens (primary N) is 1. The summed E-state index contributed by atoms with van der Waals surface area (Å²) in [6, 6.07) is 12.6. The molecule has 3 rings (SSSR count). The lowest BCUT2D eigenvalue weighted by atomic mass is 10.1. The lowest BCUT2D eigenvalue weighted by molar-refractivity contribution is 0.0940. The van der Waals surface area contributed by atoms with E-state index in [0.29, 0.717) is 17.9 Å². The van der Waals surface area contributed by atoms with Crippen molar-refractivity contribution in [3.8, 4) is 5.75 Å². The number of sulfonamides is 1. The van der Waals surface area contributed by atoms with Crippen molar-refractivity contribution in [2.24, 2.45) is 5.14 Å². The first-order valence-corrected chi connectivity index (χ1v) is 10.9. The first-order chi connectivity index (χ1) is 13.3. The molecule has 0 radical (unpaired) electrons. The first kappa shape index (κ1) is 20.0. The zero-order valence-corrected chi connectivity index (χ0v) is 16.7. The predicted octanol–water partition coefficient (Wildman–Crippen LogP) is 2.86. The van der Waals surface area contributed by atoms with E-state index in [9.17, 15) is 13.2 Å². The Balaban J connectivity index is 1.59. The molecule has 1 amide bonds. The van der Waals surface area contributed by atoms with Gasteiger partial charge in [0.05, 0.1) is 22.1 Å². The first-order valence-electron chi connectivity index (χ1n) is 8.36. The number of benzene rings is 2. The number of carbonyl (C=O) groups is 1. The Morgan fingerprint density at radius 2 is 1.86 bits per heavy atom. The van der Waals surface area contributed by atoms with Crippen molar-refractivity contribution in [2.45, 2.75) is 24.5 Å². The topological polar surface area (TPSA) is 111 Å². The molecule has 3 N–H and O–H groups in total. The Morgan fingerprint density at radius 1 is 1.18 bits per heavy atom. The van der Waals surface area contributed by atoms with E-state index in [1.54, 1.807) is 41.9 Å². The third-order valence-corrected chi connectivity index (χ3v) is 5.61. The Morgan fingerprint density at radius 3 is 2.43 bits per heavy atom. The van der Waals surface area contributed by atoms with Gasteiger partial charge in [0, 0.05) is 10.9 Å². The number of nitrogens with one attached hydrogen (secondary N) is 1. The molecule has 0 saturated heterocycles. The van der Waals surface area contributed by atoms with E-state index in [2.05, 4.69) is 10.3 Å². The molecule has 0 aliphatic rings. The molecule has 28 heavy (non-hydrogen) atoms. The molecule has 1 atom stereocenters. The number of carbonyl (C=O) groups excluding carboxylic acids is 1. The van der Waals surface area contributed by atoms with Gasteiger partial charge in [0.1, 0.15) is 12.4 Å². The van der Waals surface area contributed by atoms with Gasteiger partial charge in [-0.05, 0) is 48.9 Å². The van der Waals surface area contributed by atoms with E-state index in [-0.39, 0.29) is 16.8 Å². The van der Waals surface area contributed by atoms with Crippen molar-refractivity contribution in [2.75, 3.05) is 0 Å². The quantitative estimate of drug-likeness (QED) is 0.614. The number of hydrogen-bond acceptors (Lipinski definition) is 6. The average Bonchev–Trinajstić information content (AvgIpc) is 3.20. The van der Waals surface area contributed by atoms with Crippen LogP contribution < -0.4 is 15.2 Å². The molecule has 9 heteroatoms. The fourth-order valence-electron chi connectivity index (χ4n) is 2.48. The van der Waals surface area contributed by atoms with Gasteiger partial charge < -0.3 is 10.1 Å². The molecule has 0 aliphatic carbocycles. The smallest absolute Gasteiger partial charge is 0.251 e. The Hall–Kier alpha value is -2.75. The highest BCUT2D eigenvalue weighted by Crippen LogP contribution is 2.18. The number of rotatable bonds is 7. The normalized spacial score (nSPS) is 12.4. The highest BCUT2D eigenvalue weighted by molar-refractivity contribution is 7.89. The van der Waals surface area contributed by atoms with Gasteiger partial charge in [-0.3, -0.25) is 4.79 Å². The molecule has 0 aliphatic heterocycles. The van der Waals surface area contributed by atoms with Crippen LogP contribution in [0, 0.1) is 0 Å². The minimum absolute atomic E-state index is 0.0306. The molecule has 0 saturated carbocycles. The van der Waals surface area contributed by atoms with Gasteiger partial charge in [0.2, 0.25) is 10.0 Å². The van der Waals surface area contributed by atoms with Crippen LogP contribution in [0.1, 0.15) is 34.6 Å². The van der Waals surface area contributed by atoms with Crippen LogP contribution in [-0.2, 0) is 16.6 Å². The number of primary sulfonamides is 1. The molecule has 7 nitrogen and oxygen atoms in total. The van der Waals surface area contributed by atoms with Crippen LogP contribution in [0.15, 0.2) is 64.3 Å². The van der Waals surface area contributed by atoms with Crippen molar-refractivity contribution in [1.29, 1.82) is 0 Å². The second-order valence-electron chi connectivity index (χ2n) is 6.10. The number of nitrogens with zero attached hydrogens (tertiary/aromatic N) is 1. The number of aromatic nitrogens is 1. The minimum Gasteiger partial charge on any atom is -0.487 e. The van der Waals surface area contributed by atoms with Gasteiger partial charge in [0.25, 0.3) is 5.91 Å². The van der Waals surface area contributed by atoms with E-state index in [1.165, 1.54) is 23.5 Å². The SMILES string of the molecule is CC(NC(=O)c1ccc(OCc2cscn2)cc1)c1ccc(S(N)(=O)=O)cc1. The molecule has 1 aromatic heterocycles. The molecule has 0 bridgehead atoms. The van der Waals surface area contributed by atoms with E-state index < -0.39 is 10.0 Å². The van der Waals surface area contributed by atoms with Crippen LogP contribution in [0.2, 0.25) is 0 Å². The Bertz CT molecular complexity index is 1030. The number of thiazole rings is 1. The largest absolute Gasteiger partial charge is 0.487 e. The lowest BCUT2D eigenvalue weighted by Gasteiger charge is -2.15. The zero-order chi connectivity index (χ0) is 20.1. The summed E-state index contributed by atoms with van der Waals surface area (Å²) in [6.07, 6.45) is 0. The van der Waals surface area contributed by atoms with E-state index >= 15 is 0 Å². The van der Waals surface area contributed by atoms with Crippen LogP contribution in [0.5, 0.6) is 5.75 Å². The summed E-state index contributed by atoms with van der Waals surface area (Å²) in [4.78, 5) is 16.6. The lowest BCUT2D eigenvalue weighted by Crippen LogP contribution is -2.26. The molecule has 1 heterocycles. The summed E-state index contributed by atoms with van der Waals surface area (Å²) in [5, 5.41) is 9.88. The highest BCUT2D eigenvalue weighted by Gasteiger charge is 2.13. The van der Waals surface area contributed by atoms with Crippen molar-refractivity contribution in [3.63, 3.8) is 0 Å². The fraction of sp³-hybridized carbons (Fsp3) is 0.158. The van der Waals surface area contributed by atoms with Crippen LogP contribution in [0.4, 0.5) is 0 Å². The minimum atomic E-state index is -3.74. The van der Waals surface area contributed by atoms with Gasteiger partial charge in [-0.15, -0.1) is 11.3 Å². The second kappa shape index (κ2) is 8.51. The van der Waals surface area contributed by atoms with Crippen LogP contribution >= 0.6 is 11.3 Å². The van der Waals surface area contributed by atoms with Crippen LogP contribution in [0.25, 0.3) is 0 Å². The summed E-state index contributed by atoms with van der Waals surface area (Å²) < 4.78 is 28.3. The number of amides is 1. The van der Waals surface area contributed by atoms with Crippen molar-refractivity contribution in [3.05, 3.63) is 76.2 Å². The van der Waals surface area contributed by atoms with Crippen molar-refractivity contribution >= 4 is 27.3 Å². The molecular formula is C19H19N3O4S2. The monoisotopic (exact) mass is 417 g/mol. The maximum Gasteiger partial charge on any atom is 0.251 e. The summed E-state index contributed by atoms with van der Waals surface area (Å²) in [5.74, 6) is 0.408. The van der Waals surface area contributed by atoms with Crippen molar-refractivity contribution in [1.82, 2.24) is 10.3 Å². The Kier molecular flexibility index (Phi) is 6.08. The summed E-state index contributed by atoms with van der Waals surface area (Å²) in [5.41, 5.74) is 3.86. The molecule has 146 valence electrons. The molecular weight excluding hydrogens is 398 g/mol.